The Hall–Kier alpha value is -3.43. The lowest BCUT2D eigenvalue weighted by Crippen LogP contribution is -2.56. The minimum Gasteiger partial charge on any atom is -0.479 e. The molecule has 1 aliphatic carbocycles. The predicted octanol–water partition coefficient (Wildman–Crippen LogP) is 2.93. The molecule has 0 radical (unpaired) electrons. The summed E-state index contributed by atoms with van der Waals surface area (Å²) in [4.78, 5) is 36.4. The molecule has 0 spiro atoms. The lowest BCUT2D eigenvalue weighted by atomic mass is 9.98. The van der Waals surface area contributed by atoms with Gasteiger partial charge in [0.2, 0.25) is 5.91 Å². The number of hydrogen-bond acceptors (Lipinski definition) is 6. The van der Waals surface area contributed by atoms with E-state index in [4.69, 9.17) is 14.2 Å². The summed E-state index contributed by atoms with van der Waals surface area (Å²) in [6, 6.07) is 16.1. The normalized spacial score (nSPS) is 14.8. The number of carbonyl (C=O) groups excluding carboxylic acids is 2. The standard InChI is InChI=1S/C26H32N2O7/c1-4-34-17(13-23(29)28-26(2,16-33-3)24(30)31)14-27-25(32)35-15-22-20-11-7-5-9-18(20)19-10-6-8-12-21(19)22/h5-12,17,22H,4,13-16H2,1-3H3,(H,27,32)(H,28,29)(H,30,31). The van der Waals surface area contributed by atoms with Gasteiger partial charge in [-0.1, -0.05) is 48.5 Å². The highest BCUT2D eigenvalue weighted by Crippen LogP contribution is 2.44. The molecule has 35 heavy (non-hydrogen) atoms. The number of ether oxygens (including phenoxy) is 3. The summed E-state index contributed by atoms with van der Waals surface area (Å²) < 4.78 is 16.0. The minimum atomic E-state index is -1.57. The predicted molar refractivity (Wildman–Crippen MR) is 129 cm³/mol. The number of nitrogens with one attached hydrogen (secondary N) is 2. The van der Waals surface area contributed by atoms with Crippen LogP contribution in [-0.4, -0.2) is 68.2 Å². The first-order valence-corrected chi connectivity index (χ1v) is 11.5. The van der Waals surface area contributed by atoms with Crippen molar-refractivity contribution >= 4 is 18.0 Å². The monoisotopic (exact) mass is 484 g/mol. The molecule has 2 aromatic carbocycles. The number of fused-ring (bicyclic) bond motifs is 3. The van der Waals surface area contributed by atoms with Crippen molar-refractivity contribution in [2.45, 2.75) is 37.8 Å². The first-order valence-electron chi connectivity index (χ1n) is 11.5. The molecule has 3 rings (SSSR count). The number of carboxylic acids is 1. The van der Waals surface area contributed by atoms with Gasteiger partial charge in [-0.05, 0) is 36.1 Å². The Bertz CT molecular complexity index is 1010. The van der Waals surface area contributed by atoms with Gasteiger partial charge >= 0.3 is 12.1 Å². The molecule has 2 amide bonds. The zero-order chi connectivity index (χ0) is 25.4. The molecule has 0 aliphatic heterocycles. The maximum Gasteiger partial charge on any atom is 0.407 e. The Balaban J connectivity index is 1.54. The van der Waals surface area contributed by atoms with Crippen LogP contribution in [0, 0.1) is 0 Å². The van der Waals surface area contributed by atoms with E-state index in [-0.39, 0.29) is 32.1 Å². The second-order valence-corrected chi connectivity index (χ2v) is 8.61. The molecule has 0 heterocycles. The van der Waals surface area contributed by atoms with Crippen molar-refractivity contribution in [2.24, 2.45) is 0 Å². The van der Waals surface area contributed by atoms with Crippen LogP contribution in [0.2, 0.25) is 0 Å². The largest absolute Gasteiger partial charge is 0.479 e. The summed E-state index contributed by atoms with van der Waals surface area (Å²) in [6.45, 7) is 3.47. The molecule has 2 atom stereocenters. The van der Waals surface area contributed by atoms with E-state index >= 15 is 0 Å². The van der Waals surface area contributed by atoms with Crippen LogP contribution in [0.4, 0.5) is 4.79 Å². The third-order valence-electron chi connectivity index (χ3n) is 5.95. The van der Waals surface area contributed by atoms with E-state index in [2.05, 4.69) is 22.8 Å². The average molecular weight is 485 g/mol. The average Bonchev–Trinajstić information content (AvgIpc) is 3.15. The highest BCUT2D eigenvalue weighted by atomic mass is 16.5. The van der Waals surface area contributed by atoms with Crippen LogP contribution in [0.1, 0.15) is 37.3 Å². The Morgan fingerprint density at radius 3 is 2.20 bits per heavy atom. The van der Waals surface area contributed by atoms with Gasteiger partial charge in [0.1, 0.15) is 6.61 Å². The van der Waals surface area contributed by atoms with Crippen molar-refractivity contribution < 1.29 is 33.7 Å². The van der Waals surface area contributed by atoms with Gasteiger partial charge in [-0.25, -0.2) is 9.59 Å². The zero-order valence-corrected chi connectivity index (χ0v) is 20.2. The number of carboxylic acid groups (broad SMARTS) is 1. The van der Waals surface area contributed by atoms with E-state index < -0.39 is 29.6 Å². The highest BCUT2D eigenvalue weighted by Gasteiger charge is 2.35. The molecular formula is C26H32N2O7. The fourth-order valence-corrected chi connectivity index (χ4v) is 4.28. The summed E-state index contributed by atoms with van der Waals surface area (Å²) in [7, 11) is 1.36. The van der Waals surface area contributed by atoms with Crippen molar-refractivity contribution in [3.8, 4) is 11.1 Å². The van der Waals surface area contributed by atoms with Crippen molar-refractivity contribution in [1.82, 2.24) is 10.6 Å². The quantitative estimate of drug-likeness (QED) is 0.423. The van der Waals surface area contributed by atoms with E-state index in [1.807, 2.05) is 36.4 Å². The van der Waals surface area contributed by atoms with Gasteiger partial charge in [-0.15, -0.1) is 0 Å². The molecular weight excluding hydrogens is 452 g/mol. The molecule has 1 aliphatic rings. The lowest BCUT2D eigenvalue weighted by Gasteiger charge is -2.26. The van der Waals surface area contributed by atoms with Gasteiger partial charge in [0.25, 0.3) is 0 Å². The van der Waals surface area contributed by atoms with Crippen LogP contribution in [-0.2, 0) is 23.8 Å². The molecule has 3 N–H and O–H groups in total. The van der Waals surface area contributed by atoms with Gasteiger partial charge in [0.05, 0.1) is 19.1 Å². The Morgan fingerprint density at radius 1 is 1.06 bits per heavy atom. The number of rotatable bonds is 12. The van der Waals surface area contributed by atoms with Crippen LogP contribution in [0.15, 0.2) is 48.5 Å². The lowest BCUT2D eigenvalue weighted by molar-refractivity contribution is -0.149. The molecule has 9 nitrogen and oxygen atoms in total. The fourth-order valence-electron chi connectivity index (χ4n) is 4.28. The van der Waals surface area contributed by atoms with Gasteiger partial charge < -0.3 is 30.0 Å². The number of benzene rings is 2. The summed E-state index contributed by atoms with van der Waals surface area (Å²) >= 11 is 0. The van der Waals surface area contributed by atoms with Crippen molar-refractivity contribution in [3.05, 3.63) is 59.7 Å². The third-order valence-corrected chi connectivity index (χ3v) is 5.95. The Labute approximate surface area is 204 Å². The minimum absolute atomic E-state index is 0.0337. The molecule has 0 saturated heterocycles. The molecule has 2 aromatic rings. The molecule has 188 valence electrons. The summed E-state index contributed by atoms with van der Waals surface area (Å²) in [5.74, 6) is -1.80. The van der Waals surface area contributed by atoms with Gasteiger partial charge in [0, 0.05) is 26.2 Å². The topological polar surface area (TPSA) is 123 Å². The second kappa shape index (κ2) is 11.8. The highest BCUT2D eigenvalue weighted by molar-refractivity contribution is 5.87. The first kappa shape index (κ1) is 26.2. The zero-order valence-electron chi connectivity index (χ0n) is 20.2. The van der Waals surface area contributed by atoms with E-state index in [1.54, 1.807) is 6.92 Å². The Kier molecular flexibility index (Phi) is 8.84. The van der Waals surface area contributed by atoms with E-state index in [9.17, 15) is 19.5 Å². The van der Waals surface area contributed by atoms with E-state index in [0.717, 1.165) is 22.3 Å². The summed E-state index contributed by atoms with van der Waals surface area (Å²) in [5.41, 5.74) is 2.94. The van der Waals surface area contributed by atoms with Crippen molar-refractivity contribution in [2.75, 3.05) is 33.5 Å². The van der Waals surface area contributed by atoms with Gasteiger partial charge in [-0.2, -0.15) is 0 Å². The molecule has 2 unspecified atom stereocenters. The number of hydrogen-bond donors (Lipinski definition) is 3. The number of alkyl carbamates (subject to hydrolysis) is 1. The van der Waals surface area contributed by atoms with Crippen LogP contribution in [0.3, 0.4) is 0 Å². The van der Waals surface area contributed by atoms with E-state index in [1.165, 1.54) is 14.0 Å². The van der Waals surface area contributed by atoms with Crippen molar-refractivity contribution in [1.29, 1.82) is 0 Å². The molecule has 0 saturated carbocycles. The van der Waals surface area contributed by atoms with Crippen LogP contribution < -0.4 is 10.6 Å². The van der Waals surface area contributed by atoms with Crippen molar-refractivity contribution in [3.63, 3.8) is 0 Å². The summed E-state index contributed by atoms with van der Waals surface area (Å²) in [5, 5.41) is 14.5. The number of carbonyl (C=O) groups is 3. The Morgan fingerprint density at radius 2 is 1.66 bits per heavy atom. The number of amides is 2. The van der Waals surface area contributed by atoms with Crippen LogP contribution in [0.25, 0.3) is 11.1 Å². The summed E-state index contributed by atoms with van der Waals surface area (Å²) in [6.07, 6.45) is -1.41. The third kappa shape index (κ3) is 6.37. The first-order chi connectivity index (χ1) is 16.8. The smallest absolute Gasteiger partial charge is 0.407 e. The van der Waals surface area contributed by atoms with Crippen LogP contribution >= 0.6 is 0 Å². The second-order valence-electron chi connectivity index (χ2n) is 8.61. The van der Waals surface area contributed by atoms with Gasteiger partial charge in [0.15, 0.2) is 5.54 Å². The SMILES string of the molecule is CCOC(CNC(=O)OCC1c2ccccc2-c2ccccc21)CC(=O)NC(C)(COC)C(=O)O. The molecule has 9 heteroatoms. The fraction of sp³-hybridized carbons (Fsp3) is 0.423. The van der Waals surface area contributed by atoms with Crippen LogP contribution in [0.5, 0.6) is 0 Å². The maximum atomic E-state index is 12.4. The molecule has 0 fully saturated rings. The molecule has 0 aromatic heterocycles. The maximum absolute atomic E-state index is 12.4. The number of methoxy groups -OCH3 is 1. The number of aliphatic carboxylic acids is 1. The van der Waals surface area contributed by atoms with Gasteiger partial charge in [-0.3, -0.25) is 4.79 Å². The molecule has 0 bridgehead atoms. The van der Waals surface area contributed by atoms with E-state index in [0.29, 0.717) is 6.61 Å².